The van der Waals surface area contributed by atoms with Crippen molar-refractivity contribution in [1.82, 2.24) is 0 Å². The second-order valence-electron chi connectivity index (χ2n) is 4.42. The van der Waals surface area contributed by atoms with Gasteiger partial charge in [-0.2, -0.15) is 0 Å². The zero-order valence-corrected chi connectivity index (χ0v) is 11.9. The maximum absolute atomic E-state index is 13.4. The first kappa shape index (κ1) is 15.6. The van der Waals surface area contributed by atoms with Gasteiger partial charge in [0.15, 0.2) is 0 Å². The summed E-state index contributed by atoms with van der Waals surface area (Å²) in [5.74, 6) is -0.551. The molecule has 0 heterocycles. The van der Waals surface area contributed by atoms with E-state index in [-0.39, 0.29) is 16.5 Å². The molecule has 3 nitrogen and oxygen atoms in total. The van der Waals surface area contributed by atoms with Crippen LogP contribution in [0.3, 0.4) is 0 Å². The molecule has 0 saturated heterocycles. The Morgan fingerprint density at radius 1 is 1.37 bits per heavy atom. The SMILES string of the molecule is CCCCCCC(=O)Nc1ccc(F)c(C(N)=S)c1. The van der Waals surface area contributed by atoms with Gasteiger partial charge in [-0.1, -0.05) is 38.4 Å². The predicted molar refractivity (Wildman–Crippen MR) is 79.7 cm³/mol. The highest BCUT2D eigenvalue weighted by Crippen LogP contribution is 2.15. The minimum absolute atomic E-state index is 0.0171. The second-order valence-corrected chi connectivity index (χ2v) is 4.86. The maximum atomic E-state index is 13.4. The zero-order chi connectivity index (χ0) is 14.3. The third-order valence-electron chi connectivity index (χ3n) is 2.77. The van der Waals surface area contributed by atoms with Crippen LogP contribution in [-0.2, 0) is 4.79 Å². The number of hydrogen-bond donors (Lipinski definition) is 2. The molecule has 0 bridgehead atoms. The first-order valence-electron chi connectivity index (χ1n) is 6.43. The molecule has 0 aliphatic carbocycles. The lowest BCUT2D eigenvalue weighted by Gasteiger charge is -2.07. The molecule has 0 aliphatic rings. The number of benzene rings is 1. The van der Waals surface area contributed by atoms with Crippen molar-refractivity contribution >= 4 is 28.8 Å². The van der Waals surface area contributed by atoms with Crippen LogP contribution in [0.5, 0.6) is 0 Å². The van der Waals surface area contributed by atoms with Crippen LogP contribution >= 0.6 is 12.2 Å². The van der Waals surface area contributed by atoms with Gasteiger partial charge in [0.05, 0.1) is 0 Å². The monoisotopic (exact) mass is 282 g/mol. The maximum Gasteiger partial charge on any atom is 0.224 e. The molecule has 1 aromatic rings. The number of amides is 1. The van der Waals surface area contributed by atoms with Gasteiger partial charge in [0.25, 0.3) is 0 Å². The van der Waals surface area contributed by atoms with Crippen LogP contribution < -0.4 is 11.1 Å². The first-order valence-corrected chi connectivity index (χ1v) is 6.84. The highest BCUT2D eigenvalue weighted by Gasteiger charge is 2.08. The number of unbranched alkanes of at least 4 members (excludes halogenated alkanes) is 3. The van der Waals surface area contributed by atoms with Crippen molar-refractivity contribution in [2.75, 3.05) is 5.32 Å². The van der Waals surface area contributed by atoms with Crippen LogP contribution in [0, 0.1) is 5.82 Å². The molecule has 1 amide bonds. The summed E-state index contributed by atoms with van der Waals surface area (Å²) in [5, 5.41) is 2.72. The smallest absolute Gasteiger partial charge is 0.224 e. The third-order valence-corrected chi connectivity index (χ3v) is 2.99. The summed E-state index contributed by atoms with van der Waals surface area (Å²) in [7, 11) is 0. The molecule has 0 aliphatic heterocycles. The van der Waals surface area contributed by atoms with Gasteiger partial charge < -0.3 is 11.1 Å². The fourth-order valence-electron chi connectivity index (χ4n) is 1.73. The third kappa shape index (κ3) is 5.34. The van der Waals surface area contributed by atoms with Gasteiger partial charge in [-0.25, -0.2) is 4.39 Å². The largest absolute Gasteiger partial charge is 0.389 e. The molecular weight excluding hydrogens is 263 g/mol. The number of halogens is 1. The van der Waals surface area contributed by atoms with E-state index in [9.17, 15) is 9.18 Å². The molecule has 19 heavy (non-hydrogen) atoms. The van der Waals surface area contributed by atoms with E-state index >= 15 is 0 Å². The molecule has 0 atom stereocenters. The number of rotatable bonds is 7. The Balaban J connectivity index is 2.55. The Hall–Kier alpha value is -1.49. The summed E-state index contributed by atoms with van der Waals surface area (Å²) in [4.78, 5) is 11.7. The minimum Gasteiger partial charge on any atom is -0.389 e. The highest BCUT2D eigenvalue weighted by molar-refractivity contribution is 7.80. The van der Waals surface area contributed by atoms with E-state index in [0.717, 1.165) is 25.7 Å². The summed E-state index contributed by atoms with van der Waals surface area (Å²) in [6, 6.07) is 4.21. The number of nitrogens with one attached hydrogen (secondary N) is 1. The fraction of sp³-hybridized carbons (Fsp3) is 0.429. The summed E-state index contributed by atoms with van der Waals surface area (Å²) in [6.07, 6.45) is 4.65. The van der Waals surface area contributed by atoms with Crippen molar-refractivity contribution in [2.45, 2.75) is 39.0 Å². The zero-order valence-electron chi connectivity index (χ0n) is 11.0. The van der Waals surface area contributed by atoms with Crippen molar-refractivity contribution in [3.05, 3.63) is 29.6 Å². The number of anilines is 1. The van der Waals surface area contributed by atoms with Crippen LogP contribution in [0.2, 0.25) is 0 Å². The molecule has 5 heteroatoms. The van der Waals surface area contributed by atoms with E-state index < -0.39 is 5.82 Å². The quantitative estimate of drug-likeness (QED) is 0.595. The van der Waals surface area contributed by atoms with Crippen LogP contribution in [0.25, 0.3) is 0 Å². The van der Waals surface area contributed by atoms with Gasteiger partial charge in [-0.05, 0) is 24.6 Å². The Bertz CT molecular complexity index is 463. The van der Waals surface area contributed by atoms with Crippen molar-refractivity contribution in [3.63, 3.8) is 0 Å². The molecule has 0 fully saturated rings. The van der Waals surface area contributed by atoms with E-state index in [1.807, 2.05) is 0 Å². The molecule has 3 N–H and O–H groups in total. The lowest BCUT2D eigenvalue weighted by Crippen LogP contribution is -2.15. The van der Waals surface area contributed by atoms with Crippen molar-refractivity contribution in [2.24, 2.45) is 5.73 Å². The van der Waals surface area contributed by atoms with Crippen LogP contribution in [0.15, 0.2) is 18.2 Å². The molecule has 0 saturated carbocycles. The van der Waals surface area contributed by atoms with Gasteiger partial charge in [-0.3, -0.25) is 4.79 Å². The van der Waals surface area contributed by atoms with Crippen molar-refractivity contribution in [1.29, 1.82) is 0 Å². The predicted octanol–water partition coefficient (Wildman–Crippen LogP) is 3.37. The van der Waals surface area contributed by atoms with Gasteiger partial charge in [-0.15, -0.1) is 0 Å². The molecule has 1 rings (SSSR count). The Labute approximate surface area is 118 Å². The van der Waals surface area contributed by atoms with Gasteiger partial charge in [0.2, 0.25) is 5.91 Å². The van der Waals surface area contributed by atoms with Crippen LogP contribution in [0.4, 0.5) is 10.1 Å². The highest BCUT2D eigenvalue weighted by atomic mass is 32.1. The molecule has 0 radical (unpaired) electrons. The molecular formula is C14H19FN2OS. The number of nitrogens with two attached hydrogens (primary N) is 1. The summed E-state index contributed by atoms with van der Waals surface area (Å²) in [5.41, 5.74) is 6.08. The number of carbonyl (C=O) groups excluding carboxylic acids is 1. The molecule has 0 aromatic heterocycles. The average Bonchev–Trinajstić information content (AvgIpc) is 2.36. The first-order chi connectivity index (χ1) is 9.04. The normalized spacial score (nSPS) is 10.2. The van der Waals surface area contributed by atoms with E-state index in [1.165, 1.54) is 18.2 Å². The molecule has 0 spiro atoms. The Morgan fingerprint density at radius 3 is 2.74 bits per heavy atom. The molecule has 1 aromatic carbocycles. The Kier molecular flexibility index (Phi) is 6.42. The standard InChI is InChI=1S/C14H19FN2OS/c1-2-3-4-5-6-13(18)17-10-7-8-12(15)11(9-10)14(16)19/h7-9H,2-6H2,1H3,(H2,16,19)(H,17,18). The van der Waals surface area contributed by atoms with Crippen LogP contribution in [0.1, 0.15) is 44.6 Å². The number of thiocarbonyl (C=S) groups is 1. The van der Waals surface area contributed by atoms with Crippen LogP contribution in [-0.4, -0.2) is 10.9 Å². The summed E-state index contributed by atoms with van der Waals surface area (Å²) in [6.45, 7) is 2.12. The topological polar surface area (TPSA) is 55.1 Å². The minimum atomic E-state index is -0.478. The van der Waals surface area contributed by atoms with Gasteiger partial charge in [0, 0.05) is 17.7 Å². The van der Waals surface area contributed by atoms with Gasteiger partial charge in [0.1, 0.15) is 10.8 Å². The summed E-state index contributed by atoms with van der Waals surface area (Å²) >= 11 is 4.75. The molecule has 104 valence electrons. The van der Waals surface area contributed by atoms with Crippen molar-refractivity contribution < 1.29 is 9.18 Å². The number of carbonyl (C=O) groups is 1. The summed E-state index contributed by atoms with van der Waals surface area (Å²) < 4.78 is 13.4. The lowest BCUT2D eigenvalue weighted by atomic mass is 10.1. The fourth-order valence-corrected chi connectivity index (χ4v) is 1.88. The van der Waals surface area contributed by atoms with E-state index in [0.29, 0.717) is 12.1 Å². The Morgan fingerprint density at radius 2 is 2.11 bits per heavy atom. The van der Waals surface area contributed by atoms with E-state index in [2.05, 4.69) is 12.2 Å². The van der Waals surface area contributed by atoms with E-state index in [4.69, 9.17) is 18.0 Å². The van der Waals surface area contributed by atoms with E-state index in [1.54, 1.807) is 0 Å². The number of hydrogen-bond acceptors (Lipinski definition) is 2. The van der Waals surface area contributed by atoms with Gasteiger partial charge >= 0.3 is 0 Å². The average molecular weight is 282 g/mol. The molecule has 0 unspecified atom stereocenters. The lowest BCUT2D eigenvalue weighted by molar-refractivity contribution is -0.116. The van der Waals surface area contributed by atoms with Crippen molar-refractivity contribution in [3.8, 4) is 0 Å². The second kappa shape index (κ2) is 7.84.